The maximum absolute atomic E-state index is 6.16. The van der Waals surface area contributed by atoms with Crippen LogP contribution in [0.2, 0.25) is 0 Å². The fraction of sp³-hybridized carbons (Fsp3) is 0.824. The minimum atomic E-state index is 0.350. The molecule has 4 nitrogen and oxygen atoms in total. The Kier molecular flexibility index (Phi) is 4.65. The molecule has 118 valence electrons. The molecule has 2 heterocycles. The zero-order valence-corrected chi connectivity index (χ0v) is 13.5. The highest BCUT2D eigenvalue weighted by Gasteiger charge is 2.37. The molecule has 0 spiro atoms. The second-order valence-electron chi connectivity index (χ2n) is 7.09. The van der Waals surface area contributed by atoms with Gasteiger partial charge in [-0.15, -0.1) is 0 Å². The highest BCUT2D eigenvalue weighted by Crippen LogP contribution is 2.39. The predicted octanol–water partition coefficient (Wildman–Crippen LogP) is 3.12. The summed E-state index contributed by atoms with van der Waals surface area (Å²) in [5, 5.41) is 4.52. The predicted molar refractivity (Wildman–Crippen MR) is 86.1 cm³/mol. The van der Waals surface area contributed by atoms with Gasteiger partial charge < -0.3 is 5.73 Å². The molecule has 1 aromatic heterocycles. The summed E-state index contributed by atoms with van der Waals surface area (Å²) in [6, 6.07) is 1.52. The molecule has 0 aromatic carbocycles. The van der Waals surface area contributed by atoms with Crippen molar-refractivity contribution >= 4 is 0 Å². The van der Waals surface area contributed by atoms with Crippen LogP contribution in [0, 0.1) is 5.92 Å². The molecule has 2 N–H and O–H groups in total. The zero-order chi connectivity index (χ0) is 14.8. The van der Waals surface area contributed by atoms with Crippen LogP contribution in [-0.4, -0.2) is 33.8 Å². The van der Waals surface area contributed by atoms with Gasteiger partial charge >= 0.3 is 0 Å². The summed E-state index contributed by atoms with van der Waals surface area (Å²) in [5.41, 5.74) is 7.47. The van der Waals surface area contributed by atoms with Crippen molar-refractivity contribution in [3.8, 4) is 0 Å². The van der Waals surface area contributed by atoms with Gasteiger partial charge in [0.2, 0.25) is 0 Å². The monoisotopic (exact) mass is 290 g/mol. The summed E-state index contributed by atoms with van der Waals surface area (Å²) < 4.78 is 2.06. The summed E-state index contributed by atoms with van der Waals surface area (Å²) in [7, 11) is 0. The maximum Gasteiger partial charge on any atom is 0.0538 e. The van der Waals surface area contributed by atoms with Crippen molar-refractivity contribution in [1.82, 2.24) is 14.7 Å². The molecule has 4 heteroatoms. The van der Waals surface area contributed by atoms with E-state index in [9.17, 15) is 0 Å². The van der Waals surface area contributed by atoms with Crippen LogP contribution in [0.4, 0.5) is 0 Å². The second-order valence-corrected chi connectivity index (χ2v) is 7.09. The summed E-state index contributed by atoms with van der Waals surface area (Å²) in [5.74, 6) is 0.904. The standard InChI is InChI=1S/C17H30N4/c1-13(2)21-12-15(11-19-21)17(10-18)20-9-5-7-14-6-3-4-8-16(14)20/h11-14,16-17H,3-10,18H2,1-2H3. The van der Waals surface area contributed by atoms with Gasteiger partial charge in [-0.2, -0.15) is 5.10 Å². The van der Waals surface area contributed by atoms with E-state index in [0.29, 0.717) is 18.6 Å². The lowest BCUT2D eigenvalue weighted by Gasteiger charge is -2.47. The average Bonchev–Trinajstić information content (AvgIpc) is 2.98. The third-order valence-electron chi connectivity index (χ3n) is 5.45. The molecule has 2 fully saturated rings. The van der Waals surface area contributed by atoms with E-state index in [4.69, 9.17) is 5.73 Å². The molecule has 0 amide bonds. The Morgan fingerprint density at radius 2 is 2.00 bits per heavy atom. The normalized spacial score (nSPS) is 28.6. The smallest absolute Gasteiger partial charge is 0.0538 e. The average molecular weight is 290 g/mol. The van der Waals surface area contributed by atoms with Crippen molar-refractivity contribution in [3.05, 3.63) is 18.0 Å². The summed E-state index contributed by atoms with van der Waals surface area (Å²) in [4.78, 5) is 2.70. The lowest BCUT2D eigenvalue weighted by Crippen LogP contribution is -2.49. The number of hydrogen-bond acceptors (Lipinski definition) is 3. The highest BCUT2D eigenvalue weighted by molar-refractivity contribution is 5.13. The minimum absolute atomic E-state index is 0.350. The van der Waals surface area contributed by atoms with E-state index in [1.54, 1.807) is 0 Å². The molecule has 2 aliphatic rings. The van der Waals surface area contributed by atoms with E-state index < -0.39 is 0 Å². The fourth-order valence-corrected chi connectivity index (χ4v) is 4.32. The Balaban J connectivity index is 1.80. The van der Waals surface area contributed by atoms with Crippen molar-refractivity contribution in [1.29, 1.82) is 0 Å². The van der Waals surface area contributed by atoms with Crippen LogP contribution < -0.4 is 5.73 Å². The van der Waals surface area contributed by atoms with Crippen molar-refractivity contribution in [2.24, 2.45) is 11.7 Å². The largest absolute Gasteiger partial charge is 0.329 e. The molecule has 3 unspecified atom stereocenters. The van der Waals surface area contributed by atoms with Crippen LogP contribution in [0.25, 0.3) is 0 Å². The van der Waals surface area contributed by atoms with Crippen molar-refractivity contribution < 1.29 is 0 Å². The lowest BCUT2D eigenvalue weighted by molar-refractivity contribution is 0.0276. The van der Waals surface area contributed by atoms with Crippen molar-refractivity contribution in [2.75, 3.05) is 13.1 Å². The van der Waals surface area contributed by atoms with E-state index in [-0.39, 0.29) is 0 Å². The molecule has 1 aliphatic heterocycles. The molecule has 1 saturated heterocycles. The molecule has 21 heavy (non-hydrogen) atoms. The van der Waals surface area contributed by atoms with Gasteiger partial charge in [0, 0.05) is 30.4 Å². The van der Waals surface area contributed by atoms with Crippen LogP contribution in [0.15, 0.2) is 12.4 Å². The lowest BCUT2D eigenvalue weighted by atomic mass is 9.77. The number of piperidine rings is 1. The van der Waals surface area contributed by atoms with Gasteiger partial charge in [0.05, 0.1) is 12.2 Å². The fourth-order valence-electron chi connectivity index (χ4n) is 4.32. The van der Waals surface area contributed by atoms with Crippen LogP contribution in [0.3, 0.4) is 0 Å². The van der Waals surface area contributed by atoms with Gasteiger partial charge in [-0.25, -0.2) is 0 Å². The molecule has 1 aliphatic carbocycles. The molecular formula is C17H30N4. The molecule has 1 saturated carbocycles. The highest BCUT2D eigenvalue weighted by atomic mass is 15.3. The van der Waals surface area contributed by atoms with Gasteiger partial charge in [-0.05, 0) is 52.0 Å². The van der Waals surface area contributed by atoms with Gasteiger partial charge in [0.25, 0.3) is 0 Å². The summed E-state index contributed by atoms with van der Waals surface area (Å²) in [6.07, 6.45) is 12.6. The Bertz CT molecular complexity index is 451. The second kappa shape index (κ2) is 6.49. The first kappa shape index (κ1) is 15.0. The van der Waals surface area contributed by atoms with Crippen LogP contribution in [-0.2, 0) is 0 Å². The van der Waals surface area contributed by atoms with E-state index in [2.05, 4.69) is 34.7 Å². The van der Waals surface area contributed by atoms with E-state index in [0.717, 1.165) is 12.0 Å². The maximum atomic E-state index is 6.16. The quantitative estimate of drug-likeness (QED) is 0.927. The Labute approximate surface area is 128 Å². The number of rotatable bonds is 4. The van der Waals surface area contributed by atoms with Crippen molar-refractivity contribution in [2.45, 2.75) is 70.5 Å². The molecule has 0 bridgehead atoms. The van der Waals surface area contributed by atoms with Crippen LogP contribution in [0.5, 0.6) is 0 Å². The number of likely N-dealkylation sites (tertiary alicyclic amines) is 1. The first-order valence-electron chi connectivity index (χ1n) is 8.70. The molecule has 0 radical (unpaired) electrons. The van der Waals surface area contributed by atoms with E-state index in [1.807, 2.05) is 6.20 Å². The van der Waals surface area contributed by atoms with Crippen LogP contribution in [0.1, 0.15) is 70.0 Å². The Morgan fingerprint density at radius 1 is 1.24 bits per heavy atom. The number of nitrogens with zero attached hydrogens (tertiary/aromatic N) is 3. The molecule has 3 rings (SSSR count). The topological polar surface area (TPSA) is 47.1 Å². The van der Waals surface area contributed by atoms with Gasteiger partial charge in [0.1, 0.15) is 0 Å². The number of hydrogen-bond donors (Lipinski definition) is 1. The minimum Gasteiger partial charge on any atom is -0.329 e. The first-order chi connectivity index (χ1) is 10.2. The molecule has 1 aromatic rings. The zero-order valence-electron chi connectivity index (χ0n) is 13.5. The number of aromatic nitrogens is 2. The third-order valence-corrected chi connectivity index (χ3v) is 5.45. The number of fused-ring (bicyclic) bond motifs is 1. The number of nitrogens with two attached hydrogens (primary N) is 1. The summed E-state index contributed by atoms with van der Waals surface area (Å²) in [6.45, 7) is 6.25. The van der Waals surface area contributed by atoms with Gasteiger partial charge in [0.15, 0.2) is 0 Å². The molecule has 3 atom stereocenters. The van der Waals surface area contributed by atoms with Gasteiger partial charge in [-0.1, -0.05) is 12.8 Å². The van der Waals surface area contributed by atoms with E-state index in [1.165, 1.54) is 50.6 Å². The summed E-state index contributed by atoms with van der Waals surface area (Å²) >= 11 is 0. The Morgan fingerprint density at radius 3 is 2.71 bits per heavy atom. The molecular weight excluding hydrogens is 260 g/mol. The Hall–Kier alpha value is -0.870. The van der Waals surface area contributed by atoms with E-state index >= 15 is 0 Å². The van der Waals surface area contributed by atoms with Gasteiger partial charge in [-0.3, -0.25) is 9.58 Å². The third kappa shape index (κ3) is 3.02. The van der Waals surface area contributed by atoms with Crippen molar-refractivity contribution in [3.63, 3.8) is 0 Å². The van der Waals surface area contributed by atoms with Crippen LogP contribution >= 0.6 is 0 Å². The SMILES string of the molecule is CC(C)n1cc(C(CN)N2CCCC3CCCCC32)cn1. The first-order valence-corrected chi connectivity index (χ1v) is 8.70.